The van der Waals surface area contributed by atoms with Crippen LogP contribution in [0.25, 0.3) is 0 Å². The second-order valence-electron chi connectivity index (χ2n) is 3.02. The minimum absolute atomic E-state index is 0.0745. The van der Waals surface area contributed by atoms with Crippen molar-refractivity contribution in [3.05, 3.63) is 5.82 Å². The Morgan fingerprint density at radius 1 is 1.27 bits per heavy atom. The van der Waals surface area contributed by atoms with Crippen LogP contribution in [0.5, 0.6) is 0 Å². The third kappa shape index (κ3) is 4.46. The van der Waals surface area contributed by atoms with Crippen molar-refractivity contribution in [1.82, 2.24) is 20.2 Å². The summed E-state index contributed by atoms with van der Waals surface area (Å²) in [5, 5.41) is 10.6. The van der Waals surface area contributed by atoms with Gasteiger partial charge in [0.1, 0.15) is 0 Å². The van der Waals surface area contributed by atoms with Gasteiger partial charge in [-0.25, -0.2) is 4.68 Å². The number of unbranched alkanes of at least 4 members (excludes halogenated alkanes) is 1. The molecule has 0 fully saturated rings. The highest BCUT2D eigenvalue weighted by atomic mass is 35.5. The SMILES string of the molecule is FC(F)(F)CCCCn1nnnc1CCl. The maximum absolute atomic E-state index is 11.8. The highest BCUT2D eigenvalue weighted by molar-refractivity contribution is 6.16. The molecule has 0 N–H and O–H groups in total. The molecule has 0 saturated heterocycles. The van der Waals surface area contributed by atoms with Gasteiger partial charge in [0.15, 0.2) is 5.82 Å². The number of halogens is 4. The molecule has 4 nitrogen and oxygen atoms in total. The highest BCUT2D eigenvalue weighted by Gasteiger charge is 2.25. The van der Waals surface area contributed by atoms with Crippen LogP contribution >= 0.6 is 11.6 Å². The smallest absolute Gasteiger partial charge is 0.228 e. The van der Waals surface area contributed by atoms with Crippen LogP contribution in [0.3, 0.4) is 0 Å². The van der Waals surface area contributed by atoms with Crippen molar-refractivity contribution in [2.75, 3.05) is 0 Å². The van der Waals surface area contributed by atoms with Crippen molar-refractivity contribution in [2.45, 2.75) is 37.9 Å². The van der Waals surface area contributed by atoms with Gasteiger partial charge in [0.2, 0.25) is 0 Å². The van der Waals surface area contributed by atoms with E-state index >= 15 is 0 Å². The summed E-state index contributed by atoms with van der Waals surface area (Å²) in [5.41, 5.74) is 0. The summed E-state index contributed by atoms with van der Waals surface area (Å²) in [7, 11) is 0. The van der Waals surface area contributed by atoms with Crippen LogP contribution in [0.2, 0.25) is 0 Å². The summed E-state index contributed by atoms with van der Waals surface area (Å²) in [5.74, 6) is 0.635. The minimum atomic E-state index is -4.09. The van der Waals surface area contributed by atoms with Crippen LogP contribution in [0.1, 0.15) is 25.1 Å². The Bertz CT molecular complexity index is 299. The van der Waals surface area contributed by atoms with Crippen molar-refractivity contribution in [3.8, 4) is 0 Å². The van der Waals surface area contributed by atoms with E-state index in [2.05, 4.69) is 15.5 Å². The van der Waals surface area contributed by atoms with E-state index in [1.54, 1.807) is 0 Å². The number of alkyl halides is 4. The van der Waals surface area contributed by atoms with E-state index in [1.807, 2.05) is 0 Å². The summed E-state index contributed by atoms with van der Waals surface area (Å²) in [4.78, 5) is 0. The molecule has 0 spiro atoms. The normalized spacial score (nSPS) is 12.0. The lowest BCUT2D eigenvalue weighted by molar-refractivity contribution is -0.135. The summed E-state index contributed by atoms with van der Waals surface area (Å²) >= 11 is 5.52. The second kappa shape index (κ2) is 5.29. The Labute approximate surface area is 89.4 Å². The molecule has 1 aromatic heterocycles. The van der Waals surface area contributed by atoms with Crippen molar-refractivity contribution in [1.29, 1.82) is 0 Å². The van der Waals surface area contributed by atoms with E-state index in [0.29, 0.717) is 18.8 Å². The van der Waals surface area contributed by atoms with Gasteiger partial charge in [-0.05, 0) is 23.3 Å². The standard InChI is InChI=1S/C7H10ClF3N4/c8-5-6-12-13-14-15(6)4-2-1-3-7(9,10)11/h1-5H2. The van der Waals surface area contributed by atoms with E-state index in [-0.39, 0.29) is 12.3 Å². The predicted octanol–water partition coefficient (Wildman–Crippen LogP) is 2.14. The zero-order valence-corrected chi connectivity index (χ0v) is 8.59. The lowest BCUT2D eigenvalue weighted by atomic mass is 10.2. The summed E-state index contributed by atoms with van der Waals surface area (Å²) < 4.78 is 36.8. The van der Waals surface area contributed by atoms with Crippen LogP contribution in [0.4, 0.5) is 13.2 Å². The molecular weight excluding hydrogens is 233 g/mol. The summed E-state index contributed by atoms with van der Waals surface area (Å²) in [6, 6.07) is 0. The molecule has 0 aromatic carbocycles. The van der Waals surface area contributed by atoms with Gasteiger partial charge in [-0.3, -0.25) is 0 Å². The van der Waals surface area contributed by atoms with Crippen molar-refractivity contribution in [3.63, 3.8) is 0 Å². The molecule has 1 aromatic rings. The van der Waals surface area contributed by atoms with Crippen LogP contribution in [0.15, 0.2) is 0 Å². The molecule has 1 heterocycles. The summed E-state index contributed by atoms with van der Waals surface area (Å²) in [6.45, 7) is 0.366. The Kier molecular flexibility index (Phi) is 4.31. The van der Waals surface area contributed by atoms with Crippen molar-refractivity contribution < 1.29 is 13.2 Å². The molecule has 8 heteroatoms. The molecule has 0 aliphatic carbocycles. The van der Waals surface area contributed by atoms with E-state index in [1.165, 1.54) is 4.68 Å². The second-order valence-corrected chi connectivity index (χ2v) is 3.29. The molecule has 15 heavy (non-hydrogen) atoms. The van der Waals surface area contributed by atoms with E-state index in [4.69, 9.17) is 11.6 Å². The Balaban J connectivity index is 2.26. The molecule has 0 radical (unpaired) electrons. The largest absolute Gasteiger partial charge is 0.389 e. The van der Waals surface area contributed by atoms with E-state index in [9.17, 15) is 13.2 Å². The van der Waals surface area contributed by atoms with Crippen LogP contribution in [-0.4, -0.2) is 26.4 Å². The quantitative estimate of drug-likeness (QED) is 0.587. The number of aromatic nitrogens is 4. The zero-order valence-electron chi connectivity index (χ0n) is 7.84. The third-order valence-corrected chi connectivity index (χ3v) is 2.04. The monoisotopic (exact) mass is 242 g/mol. The van der Waals surface area contributed by atoms with Gasteiger partial charge in [0.25, 0.3) is 0 Å². The number of rotatable bonds is 5. The van der Waals surface area contributed by atoms with E-state index in [0.717, 1.165) is 0 Å². The molecule has 0 aliphatic rings. The number of aryl methyl sites for hydroxylation is 1. The topological polar surface area (TPSA) is 43.6 Å². The number of nitrogens with zero attached hydrogens (tertiary/aromatic N) is 4. The molecule has 1 rings (SSSR count). The number of tetrazole rings is 1. The molecule has 0 bridgehead atoms. The average Bonchev–Trinajstić information content (AvgIpc) is 2.58. The molecule has 0 saturated carbocycles. The van der Waals surface area contributed by atoms with Crippen LogP contribution in [-0.2, 0) is 12.4 Å². The number of hydrogen-bond donors (Lipinski definition) is 0. The zero-order chi connectivity index (χ0) is 11.3. The molecule has 0 amide bonds. The molecular formula is C7H10ClF3N4. The Morgan fingerprint density at radius 3 is 2.60 bits per heavy atom. The Morgan fingerprint density at radius 2 is 2.00 bits per heavy atom. The molecule has 0 unspecified atom stereocenters. The van der Waals surface area contributed by atoms with Gasteiger partial charge in [0, 0.05) is 13.0 Å². The van der Waals surface area contributed by atoms with Gasteiger partial charge < -0.3 is 0 Å². The number of hydrogen-bond acceptors (Lipinski definition) is 3. The van der Waals surface area contributed by atoms with Crippen LogP contribution in [0, 0.1) is 0 Å². The maximum atomic E-state index is 11.8. The van der Waals surface area contributed by atoms with Gasteiger partial charge in [-0.1, -0.05) is 0 Å². The van der Waals surface area contributed by atoms with E-state index < -0.39 is 12.6 Å². The maximum Gasteiger partial charge on any atom is 0.389 e. The highest BCUT2D eigenvalue weighted by Crippen LogP contribution is 2.22. The first kappa shape index (κ1) is 12.2. The predicted molar refractivity (Wildman–Crippen MR) is 47.3 cm³/mol. The average molecular weight is 243 g/mol. The summed E-state index contributed by atoms with van der Waals surface area (Å²) in [6.07, 6.45) is -4.40. The minimum Gasteiger partial charge on any atom is -0.228 e. The van der Waals surface area contributed by atoms with Crippen molar-refractivity contribution >= 4 is 11.6 Å². The fraction of sp³-hybridized carbons (Fsp3) is 0.857. The van der Waals surface area contributed by atoms with Gasteiger partial charge in [-0.15, -0.1) is 16.7 Å². The molecule has 0 atom stereocenters. The lowest BCUT2D eigenvalue weighted by Crippen LogP contribution is -2.09. The van der Waals surface area contributed by atoms with Crippen molar-refractivity contribution in [2.24, 2.45) is 0 Å². The first-order chi connectivity index (χ1) is 7.03. The first-order valence-electron chi connectivity index (χ1n) is 4.40. The van der Waals surface area contributed by atoms with Crippen LogP contribution < -0.4 is 0 Å². The lowest BCUT2D eigenvalue weighted by Gasteiger charge is -2.05. The third-order valence-electron chi connectivity index (χ3n) is 1.81. The molecule has 86 valence electrons. The van der Waals surface area contributed by atoms with Gasteiger partial charge in [-0.2, -0.15) is 13.2 Å². The molecule has 0 aliphatic heterocycles. The van der Waals surface area contributed by atoms with Gasteiger partial charge >= 0.3 is 6.18 Å². The fourth-order valence-corrected chi connectivity index (χ4v) is 1.27. The van der Waals surface area contributed by atoms with Gasteiger partial charge in [0.05, 0.1) is 5.88 Å². The Hall–Kier alpha value is -0.850. The first-order valence-corrected chi connectivity index (χ1v) is 4.94. The fourth-order valence-electron chi connectivity index (χ4n) is 1.08.